The van der Waals surface area contributed by atoms with Gasteiger partial charge in [-0.25, -0.2) is 0 Å². The molecule has 0 atom stereocenters. The quantitative estimate of drug-likeness (QED) is 0.891. The number of carbonyl (C=O) groups is 1. The Morgan fingerprint density at radius 3 is 2.15 bits per heavy atom. The van der Waals surface area contributed by atoms with Crippen molar-refractivity contribution in [2.45, 2.75) is 53.5 Å². The van der Waals surface area contributed by atoms with Gasteiger partial charge in [0.15, 0.2) is 6.61 Å². The van der Waals surface area contributed by atoms with Crippen LogP contribution in [-0.2, 0) is 4.79 Å². The van der Waals surface area contributed by atoms with Gasteiger partial charge in [-0.05, 0) is 44.7 Å². The molecule has 0 aliphatic heterocycles. The lowest BCUT2D eigenvalue weighted by molar-refractivity contribution is -0.125. The minimum absolute atomic E-state index is 0.0522. The van der Waals surface area contributed by atoms with Crippen LogP contribution in [0, 0.1) is 12.3 Å². The highest BCUT2D eigenvalue weighted by Crippen LogP contribution is 2.26. The SMILES string of the molecule is Cc1ccc(OCC(=O)NC(C)(C)CC(C)(C)C)cc1. The van der Waals surface area contributed by atoms with E-state index in [0.717, 1.165) is 12.2 Å². The Hall–Kier alpha value is -1.51. The van der Waals surface area contributed by atoms with Crippen LogP contribution in [0.4, 0.5) is 0 Å². The molecule has 1 aromatic carbocycles. The first-order chi connectivity index (χ1) is 9.07. The van der Waals surface area contributed by atoms with E-state index in [2.05, 4.69) is 26.1 Å². The number of amides is 1. The summed E-state index contributed by atoms with van der Waals surface area (Å²) in [6.07, 6.45) is 0.913. The molecule has 0 spiro atoms. The van der Waals surface area contributed by atoms with Gasteiger partial charge in [0.05, 0.1) is 0 Å². The van der Waals surface area contributed by atoms with Crippen molar-refractivity contribution >= 4 is 5.91 Å². The second-order valence-electron chi connectivity index (χ2n) is 7.27. The highest BCUT2D eigenvalue weighted by Gasteiger charge is 2.26. The summed E-state index contributed by atoms with van der Waals surface area (Å²) in [5.74, 6) is 0.638. The fraction of sp³-hybridized carbons (Fsp3) is 0.588. The van der Waals surface area contributed by atoms with Crippen molar-refractivity contribution < 1.29 is 9.53 Å². The van der Waals surface area contributed by atoms with Gasteiger partial charge in [-0.3, -0.25) is 4.79 Å². The average molecular weight is 277 g/mol. The predicted octanol–water partition coefficient (Wildman–Crippen LogP) is 3.70. The molecule has 0 aliphatic carbocycles. The summed E-state index contributed by atoms with van der Waals surface area (Å²) < 4.78 is 5.49. The lowest BCUT2D eigenvalue weighted by atomic mass is 9.82. The molecule has 1 N–H and O–H groups in total. The number of ether oxygens (including phenoxy) is 1. The Morgan fingerprint density at radius 1 is 1.10 bits per heavy atom. The summed E-state index contributed by atoms with van der Waals surface area (Å²) >= 11 is 0. The lowest BCUT2D eigenvalue weighted by Gasteiger charge is -2.33. The van der Waals surface area contributed by atoms with Crippen LogP contribution in [0.5, 0.6) is 5.75 Å². The van der Waals surface area contributed by atoms with Crippen molar-refractivity contribution in [2.75, 3.05) is 6.61 Å². The van der Waals surface area contributed by atoms with Crippen LogP contribution in [-0.4, -0.2) is 18.1 Å². The van der Waals surface area contributed by atoms with E-state index in [1.807, 2.05) is 45.0 Å². The Bertz CT molecular complexity index is 441. The highest BCUT2D eigenvalue weighted by atomic mass is 16.5. The molecule has 0 aliphatic rings. The number of rotatable bonds is 5. The third kappa shape index (κ3) is 6.60. The summed E-state index contributed by atoms with van der Waals surface area (Å²) in [5.41, 5.74) is 1.12. The molecule has 112 valence electrons. The second-order valence-corrected chi connectivity index (χ2v) is 7.27. The maximum absolute atomic E-state index is 11.9. The van der Waals surface area contributed by atoms with Gasteiger partial charge in [-0.15, -0.1) is 0 Å². The summed E-state index contributed by atoms with van der Waals surface area (Å²) in [6.45, 7) is 12.7. The number of nitrogens with one attached hydrogen (secondary N) is 1. The van der Waals surface area contributed by atoms with Crippen molar-refractivity contribution in [2.24, 2.45) is 5.41 Å². The Morgan fingerprint density at radius 2 is 1.65 bits per heavy atom. The van der Waals surface area contributed by atoms with E-state index in [9.17, 15) is 4.79 Å². The molecule has 3 heteroatoms. The molecule has 1 amide bonds. The highest BCUT2D eigenvalue weighted by molar-refractivity contribution is 5.78. The average Bonchev–Trinajstić information content (AvgIpc) is 2.24. The summed E-state index contributed by atoms with van der Waals surface area (Å²) in [6, 6.07) is 7.69. The van der Waals surface area contributed by atoms with Crippen molar-refractivity contribution in [1.82, 2.24) is 5.32 Å². The molecule has 0 aromatic heterocycles. The van der Waals surface area contributed by atoms with Crippen molar-refractivity contribution in [1.29, 1.82) is 0 Å². The van der Waals surface area contributed by atoms with Gasteiger partial charge >= 0.3 is 0 Å². The maximum atomic E-state index is 11.9. The van der Waals surface area contributed by atoms with Crippen LogP contribution in [0.15, 0.2) is 24.3 Å². The van der Waals surface area contributed by atoms with Gasteiger partial charge in [-0.1, -0.05) is 38.5 Å². The lowest BCUT2D eigenvalue weighted by Crippen LogP contribution is -2.47. The fourth-order valence-electron chi connectivity index (χ4n) is 2.57. The predicted molar refractivity (Wildman–Crippen MR) is 83.0 cm³/mol. The molecular formula is C17H27NO2. The minimum atomic E-state index is -0.230. The molecule has 0 saturated carbocycles. The largest absolute Gasteiger partial charge is 0.484 e. The van der Waals surface area contributed by atoms with Crippen molar-refractivity contribution in [3.63, 3.8) is 0 Å². The van der Waals surface area contributed by atoms with E-state index < -0.39 is 0 Å². The van der Waals surface area contributed by atoms with E-state index >= 15 is 0 Å². The van der Waals surface area contributed by atoms with E-state index in [-0.39, 0.29) is 23.5 Å². The minimum Gasteiger partial charge on any atom is -0.484 e. The first-order valence-corrected chi connectivity index (χ1v) is 7.08. The molecule has 3 nitrogen and oxygen atoms in total. The Balaban J connectivity index is 2.45. The molecule has 0 unspecified atom stereocenters. The third-order valence-electron chi connectivity index (χ3n) is 2.84. The number of hydrogen-bond acceptors (Lipinski definition) is 2. The van der Waals surface area contributed by atoms with Gasteiger partial charge in [0.2, 0.25) is 0 Å². The molecule has 20 heavy (non-hydrogen) atoms. The van der Waals surface area contributed by atoms with E-state index in [1.54, 1.807) is 0 Å². The van der Waals surface area contributed by atoms with Crippen LogP contribution in [0.2, 0.25) is 0 Å². The van der Waals surface area contributed by atoms with Crippen LogP contribution in [0.25, 0.3) is 0 Å². The first-order valence-electron chi connectivity index (χ1n) is 7.08. The molecule has 1 aromatic rings. The molecular weight excluding hydrogens is 250 g/mol. The Kier molecular flexibility index (Phi) is 5.21. The van der Waals surface area contributed by atoms with Gasteiger partial charge in [0, 0.05) is 5.54 Å². The molecule has 1 rings (SSSR count). The molecule has 0 heterocycles. The second kappa shape index (κ2) is 6.29. The van der Waals surface area contributed by atoms with Gasteiger partial charge in [-0.2, -0.15) is 0 Å². The van der Waals surface area contributed by atoms with Crippen LogP contribution in [0.1, 0.15) is 46.6 Å². The standard InChI is InChI=1S/C17H27NO2/c1-13-7-9-14(10-8-13)20-11-15(19)18-17(5,6)12-16(2,3)4/h7-10H,11-12H2,1-6H3,(H,18,19). The van der Waals surface area contributed by atoms with Gasteiger partial charge in [0.1, 0.15) is 5.75 Å². The molecule has 0 fully saturated rings. The van der Waals surface area contributed by atoms with E-state index in [4.69, 9.17) is 4.74 Å². The summed E-state index contributed by atoms with van der Waals surface area (Å²) in [5, 5.41) is 3.03. The van der Waals surface area contributed by atoms with Gasteiger partial charge < -0.3 is 10.1 Å². The first kappa shape index (κ1) is 16.5. The number of benzene rings is 1. The van der Waals surface area contributed by atoms with Crippen LogP contribution in [0.3, 0.4) is 0 Å². The fourth-order valence-corrected chi connectivity index (χ4v) is 2.57. The number of aryl methyl sites for hydroxylation is 1. The smallest absolute Gasteiger partial charge is 0.258 e. The monoisotopic (exact) mass is 277 g/mol. The van der Waals surface area contributed by atoms with Crippen LogP contribution >= 0.6 is 0 Å². The van der Waals surface area contributed by atoms with Gasteiger partial charge in [0.25, 0.3) is 5.91 Å². The zero-order valence-electron chi connectivity index (χ0n) is 13.5. The number of carbonyl (C=O) groups excluding carboxylic acids is 1. The zero-order chi connectivity index (χ0) is 15.4. The molecule has 0 bridgehead atoms. The molecule has 0 radical (unpaired) electrons. The van der Waals surface area contributed by atoms with Crippen LogP contribution < -0.4 is 10.1 Å². The van der Waals surface area contributed by atoms with Crippen molar-refractivity contribution in [3.05, 3.63) is 29.8 Å². The summed E-state index contributed by atoms with van der Waals surface area (Å²) in [4.78, 5) is 11.9. The van der Waals surface area contributed by atoms with E-state index in [1.165, 1.54) is 5.56 Å². The zero-order valence-corrected chi connectivity index (χ0v) is 13.5. The molecule has 0 saturated heterocycles. The number of hydrogen-bond donors (Lipinski definition) is 1. The van der Waals surface area contributed by atoms with E-state index in [0.29, 0.717) is 0 Å². The topological polar surface area (TPSA) is 38.3 Å². The Labute approximate surface area is 122 Å². The van der Waals surface area contributed by atoms with Crippen molar-refractivity contribution in [3.8, 4) is 5.75 Å². The third-order valence-corrected chi connectivity index (χ3v) is 2.84. The maximum Gasteiger partial charge on any atom is 0.258 e. The summed E-state index contributed by atoms with van der Waals surface area (Å²) in [7, 11) is 0. The normalized spacial score (nSPS) is 12.1.